The van der Waals surface area contributed by atoms with Crippen molar-refractivity contribution in [2.75, 3.05) is 11.5 Å². The van der Waals surface area contributed by atoms with Crippen LogP contribution in [-0.2, 0) is 15.3 Å². The Morgan fingerprint density at radius 3 is 2.41 bits per heavy atom. The van der Waals surface area contributed by atoms with Gasteiger partial charge in [0, 0.05) is 11.4 Å². The molecule has 0 unspecified atom stereocenters. The molecular formula is C13H19NO2S. The molecule has 0 aliphatic heterocycles. The summed E-state index contributed by atoms with van der Waals surface area (Å²) in [7, 11) is 0. The van der Waals surface area contributed by atoms with Gasteiger partial charge in [-0.1, -0.05) is 12.1 Å². The molecule has 0 atom stereocenters. The molecule has 0 spiro atoms. The van der Waals surface area contributed by atoms with Crippen molar-refractivity contribution in [1.29, 1.82) is 0 Å². The second-order valence-corrected chi connectivity index (χ2v) is 5.81. The fraction of sp³-hybridized carbons (Fsp3) is 0.462. The Kier molecular flexibility index (Phi) is 4.87. The molecule has 0 aliphatic rings. The van der Waals surface area contributed by atoms with Crippen molar-refractivity contribution < 1.29 is 9.53 Å². The van der Waals surface area contributed by atoms with Crippen LogP contribution in [0.1, 0.15) is 26.3 Å². The third-order valence-corrected chi connectivity index (χ3v) is 2.87. The Bertz CT molecular complexity index is 368. The van der Waals surface area contributed by atoms with Gasteiger partial charge in [-0.15, -0.1) is 11.8 Å². The van der Waals surface area contributed by atoms with Crippen molar-refractivity contribution in [1.82, 2.24) is 0 Å². The molecule has 0 radical (unpaired) electrons. The number of carbonyl (C=O) groups is 1. The molecule has 1 aromatic carbocycles. The van der Waals surface area contributed by atoms with Gasteiger partial charge in [0.2, 0.25) is 0 Å². The largest absolute Gasteiger partial charge is 0.459 e. The van der Waals surface area contributed by atoms with E-state index < -0.39 is 5.60 Å². The zero-order chi connectivity index (χ0) is 12.9. The SMILES string of the molecule is CC(C)(C)OC(=O)CSCc1ccc(N)cc1. The quantitative estimate of drug-likeness (QED) is 0.662. The molecule has 0 amide bonds. The minimum absolute atomic E-state index is 0.169. The number of ether oxygens (including phenoxy) is 1. The highest BCUT2D eigenvalue weighted by Gasteiger charge is 2.15. The van der Waals surface area contributed by atoms with Crippen LogP contribution in [-0.4, -0.2) is 17.3 Å². The molecule has 0 heterocycles. The number of benzene rings is 1. The molecule has 0 aromatic heterocycles. The van der Waals surface area contributed by atoms with Crippen molar-refractivity contribution in [3.63, 3.8) is 0 Å². The molecule has 4 heteroatoms. The number of carbonyl (C=O) groups excluding carboxylic acids is 1. The number of esters is 1. The average molecular weight is 253 g/mol. The second-order valence-electron chi connectivity index (χ2n) is 4.82. The first-order chi connectivity index (χ1) is 7.87. The van der Waals surface area contributed by atoms with Crippen LogP contribution in [0.5, 0.6) is 0 Å². The zero-order valence-corrected chi connectivity index (χ0v) is 11.3. The van der Waals surface area contributed by atoms with Crippen molar-refractivity contribution in [3.05, 3.63) is 29.8 Å². The molecule has 17 heavy (non-hydrogen) atoms. The summed E-state index contributed by atoms with van der Waals surface area (Å²) >= 11 is 1.55. The van der Waals surface area contributed by atoms with Gasteiger partial charge in [-0.05, 0) is 38.5 Å². The summed E-state index contributed by atoms with van der Waals surface area (Å²) in [6.07, 6.45) is 0. The smallest absolute Gasteiger partial charge is 0.316 e. The Hall–Kier alpha value is -1.16. The predicted octanol–water partition coefficient (Wildman–Crippen LogP) is 2.84. The van der Waals surface area contributed by atoms with Crippen molar-refractivity contribution >= 4 is 23.4 Å². The molecule has 0 fully saturated rings. The van der Waals surface area contributed by atoms with Crippen LogP contribution in [0.25, 0.3) is 0 Å². The Balaban J connectivity index is 2.28. The predicted molar refractivity (Wildman–Crippen MR) is 72.9 cm³/mol. The van der Waals surface area contributed by atoms with E-state index in [1.165, 1.54) is 0 Å². The molecule has 0 aliphatic carbocycles. The van der Waals surface area contributed by atoms with Gasteiger partial charge in [-0.2, -0.15) is 0 Å². The van der Waals surface area contributed by atoms with E-state index in [1.807, 2.05) is 45.0 Å². The number of nitrogen functional groups attached to an aromatic ring is 1. The Morgan fingerprint density at radius 2 is 1.88 bits per heavy atom. The molecular weight excluding hydrogens is 234 g/mol. The van der Waals surface area contributed by atoms with Crippen molar-refractivity contribution in [2.45, 2.75) is 32.1 Å². The molecule has 94 valence electrons. The normalized spacial score (nSPS) is 11.2. The summed E-state index contributed by atoms with van der Waals surface area (Å²) in [4.78, 5) is 11.4. The first-order valence-corrected chi connectivity index (χ1v) is 6.66. The van der Waals surface area contributed by atoms with E-state index in [1.54, 1.807) is 11.8 Å². The standard InChI is InChI=1S/C13H19NO2S/c1-13(2,3)16-12(15)9-17-8-10-4-6-11(14)7-5-10/h4-7H,8-9,14H2,1-3H3. The summed E-state index contributed by atoms with van der Waals surface area (Å²) < 4.78 is 5.21. The maximum atomic E-state index is 11.4. The lowest BCUT2D eigenvalue weighted by atomic mass is 10.2. The van der Waals surface area contributed by atoms with Gasteiger partial charge in [-0.3, -0.25) is 4.79 Å². The van der Waals surface area contributed by atoms with Crippen LogP contribution in [0, 0.1) is 0 Å². The van der Waals surface area contributed by atoms with Crippen LogP contribution in [0.4, 0.5) is 5.69 Å². The van der Waals surface area contributed by atoms with E-state index in [2.05, 4.69) is 0 Å². The lowest BCUT2D eigenvalue weighted by molar-refractivity contribution is -0.151. The van der Waals surface area contributed by atoms with Gasteiger partial charge < -0.3 is 10.5 Å². The number of nitrogens with two attached hydrogens (primary N) is 1. The molecule has 1 aromatic rings. The summed E-state index contributed by atoms with van der Waals surface area (Å²) in [5.41, 5.74) is 7.10. The number of thioether (sulfide) groups is 1. The summed E-state index contributed by atoms with van der Waals surface area (Å²) in [6, 6.07) is 7.67. The fourth-order valence-corrected chi connectivity index (χ4v) is 1.99. The van der Waals surface area contributed by atoms with Crippen LogP contribution in [0.15, 0.2) is 24.3 Å². The first kappa shape index (κ1) is 13.9. The van der Waals surface area contributed by atoms with Gasteiger partial charge in [0.05, 0.1) is 5.75 Å². The molecule has 3 nitrogen and oxygen atoms in total. The van der Waals surface area contributed by atoms with Crippen LogP contribution < -0.4 is 5.73 Å². The maximum Gasteiger partial charge on any atom is 0.316 e. The highest BCUT2D eigenvalue weighted by Crippen LogP contribution is 2.15. The molecule has 0 saturated heterocycles. The maximum absolute atomic E-state index is 11.4. The summed E-state index contributed by atoms with van der Waals surface area (Å²) in [5.74, 6) is 0.999. The zero-order valence-electron chi connectivity index (χ0n) is 10.5. The lowest BCUT2D eigenvalue weighted by Crippen LogP contribution is -2.24. The Labute approximate surface area is 107 Å². The number of rotatable bonds is 4. The average Bonchev–Trinajstić information content (AvgIpc) is 2.18. The van der Waals surface area contributed by atoms with Gasteiger partial charge in [-0.25, -0.2) is 0 Å². The highest BCUT2D eigenvalue weighted by molar-refractivity contribution is 7.99. The number of hydrogen-bond acceptors (Lipinski definition) is 4. The number of hydrogen-bond donors (Lipinski definition) is 1. The van der Waals surface area contributed by atoms with E-state index in [4.69, 9.17) is 10.5 Å². The van der Waals surface area contributed by atoms with E-state index in [0.717, 1.165) is 17.0 Å². The highest BCUT2D eigenvalue weighted by atomic mass is 32.2. The topological polar surface area (TPSA) is 52.3 Å². The minimum atomic E-state index is -0.404. The fourth-order valence-electron chi connectivity index (χ4n) is 1.24. The van der Waals surface area contributed by atoms with Crippen molar-refractivity contribution in [3.8, 4) is 0 Å². The Morgan fingerprint density at radius 1 is 1.29 bits per heavy atom. The number of anilines is 1. The monoisotopic (exact) mass is 253 g/mol. The van der Waals surface area contributed by atoms with E-state index >= 15 is 0 Å². The van der Waals surface area contributed by atoms with E-state index in [-0.39, 0.29) is 5.97 Å². The van der Waals surface area contributed by atoms with Gasteiger partial charge >= 0.3 is 5.97 Å². The van der Waals surface area contributed by atoms with Crippen molar-refractivity contribution in [2.24, 2.45) is 0 Å². The van der Waals surface area contributed by atoms with Crippen LogP contribution >= 0.6 is 11.8 Å². The summed E-state index contributed by atoms with van der Waals surface area (Å²) in [6.45, 7) is 5.61. The third kappa shape index (κ3) is 6.22. The molecule has 1 rings (SSSR count). The van der Waals surface area contributed by atoms with Gasteiger partial charge in [0.25, 0.3) is 0 Å². The second kappa shape index (κ2) is 5.96. The first-order valence-electron chi connectivity index (χ1n) is 5.51. The van der Waals surface area contributed by atoms with E-state index in [9.17, 15) is 4.79 Å². The summed E-state index contributed by atoms with van der Waals surface area (Å²) in [5, 5.41) is 0. The van der Waals surface area contributed by atoms with Crippen LogP contribution in [0.3, 0.4) is 0 Å². The van der Waals surface area contributed by atoms with E-state index in [0.29, 0.717) is 5.75 Å². The van der Waals surface area contributed by atoms with Gasteiger partial charge in [0.1, 0.15) is 5.60 Å². The van der Waals surface area contributed by atoms with Gasteiger partial charge in [0.15, 0.2) is 0 Å². The molecule has 2 N–H and O–H groups in total. The minimum Gasteiger partial charge on any atom is -0.459 e. The van der Waals surface area contributed by atoms with Crippen LogP contribution in [0.2, 0.25) is 0 Å². The molecule has 0 saturated carbocycles. The molecule has 0 bridgehead atoms. The third-order valence-electron chi connectivity index (χ3n) is 1.89. The lowest BCUT2D eigenvalue weighted by Gasteiger charge is -2.19.